The van der Waals surface area contributed by atoms with E-state index in [1.165, 1.54) is 20.8 Å². The van der Waals surface area contributed by atoms with Crippen molar-refractivity contribution in [1.82, 2.24) is 31.9 Å². The number of hydrogen-bond acceptors (Lipinski definition) is 19. The molecule has 0 bridgehead atoms. The lowest BCUT2D eigenvalue weighted by molar-refractivity contribution is -0.134. The van der Waals surface area contributed by atoms with Crippen molar-refractivity contribution in [3.8, 4) is 0 Å². The first kappa shape index (κ1) is 56.2. The average molecular weight is 999 g/mol. The Balaban J connectivity index is 1.60. The highest BCUT2D eigenvalue weighted by molar-refractivity contribution is 8.14. The maximum absolute atomic E-state index is 14.4. The molecular weight excluding hydrogens is 936 g/mol. The van der Waals surface area contributed by atoms with E-state index in [0.29, 0.717) is 17.3 Å². The molecule has 3 rings (SSSR count). The van der Waals surface area contributed by atoms with Gasteiger partial charge in [0.15, 0.2) is 15.3 Å². The molecule has 0 aromatic heterocycles. The molecule has 9 N–H and O–H groups in total. The molecule has 3 unspecified atom stereocenters. The maximum atomic E-state index is 14.4. The number of phosphoric acid groups is 1. The lowest BCUT2D eigenvalue weighted by atomic mass is 10.00. The summed E-state index contributed by atoms with van der Waals surface area (Å²) in [6, 6.07) is 0. The number of amides is 6. The van der Waals surface area contributed by atoms with Gasteiger partial charge in [-0.2, -0.15) is 0 Å². The third kappa shape index (κ3) is 20.3. The van der Waals surface area contributed by atoms with Crippen LogP contribution in [0.1, 0.15) is 78.6 Å². The van der Waals surface area contributed by atoms with Crippen molar-refractivity contribution < 1.29 is 76.6 Å². The number of thioether (sulfide) groups is 3. The summed E-state index contributed by atoms with van der Waals surface area (Å²) >= 11 is 3.17. The molecular formula is C39H63N6O16PS3. The Morgan fingerprint density at radius 3 is 0.923 bits per heavy atom. The first-order valence-corrected chi connectivity index (χ1v) is 25.7. The number of nitrogens with one attached hydrogen (secondary N) is 6. The molecule has 0 aromatic rings. The maximum Gasteiger partial charge on any atom is 0.474 e. The summed E-state index contributed by atoms with van der Waals surface area (Å²) in [7, 11) is -4.72. The van der Waals surface area contributed by atoms with E-state index in [1.54, 1.807) is 0 Å². The summed E-state index contributed by atoms with van der Waals surface area (Å²) in [6.07, 6.45) is -3.65. The van der Waals surface area contributed by atoms with Gasteiger partial charge in [0.25, 0.3) is 0 Å². The molecule has 26 heteroatoms. The zero-order valence-corrected chi connectivity index (χ0v) is 40.2. The van der Waals surface area contributed by atoms with E-state index >= 15 is 0 Å². The predicted molar refractivity (Wildman–Crippen MR) is 240 cm³/mol. The van der Waals surface area contributed by atoms with Crippen LogP contribution in [0.25, 0.3) is 0 Å². The number of carbonyl (C=O) groups excluding carboxylic acids is 9. The fourth-order valence-corrected chi connectivity index (χ4v) is 9.09. The third-order valence-corrected chi connectivity index (χ3v) is 14.6. The zero-order valence-electron chi connectivity index (χ0n) is 36.9. The van der Waals surface area contributed by atoms with Crippen molar-refractivity contribution >= 4 is 93.9 Å². The Kier molecular flexibility index (Phi) is 23.4. The molecule has 6 amide bonds. The van der Waals surface area contributed by atoms with E-state index in [1.807, 2.05) is 0 Å². The molecule has 0 aliphatic heterocycles. The van der Waals surface area contributed by atoms with Gasteiger partial charge in [-0.25, -0.2) is 4.57 Å². The van der Waals surface area contributed by atoms with E-state index in [2.05, 4.69) is 31.9 Å². The summed E-state index contributed by atoms with van der Waals surface area (Å²) in [5.41, 5.74) is -3.66. The second kappa shape index (κ2) is 27.0. The molecule has 65 heavy (non-hydrogen) atoms. The van der Waals surface area contributed by atoms with Crippen molar-refractivity contribution in [2.75, 3.05) is 76.3 Å². The minimum atomic E-state index is -4.72. The minimum absolute atomic E-state index is 0.0881. The summed E-state index contributed by atoms with van der Waals surface area (Å²) in [4.78, 5) is 108. The molecule has 3 aliphatic rings. The van der Waals surface area contributed by atoms with Crippen LogP contribution in [0.15, 0.2) is 0 Å². The van der Waals surface area contributed by atoms with Gasteiger partial charge < -0.3 is 47.2 Å². The number of aliphatic hydroxyl groups is 3. The van der Waals surface area contributed by atoms with Crippen LogP contribution in [-0.4, -0.2) is 161 Å². The molecule has 0 radical (unpaired) electrons. The van der Waals surface area contributed by atoms with Crippen molar-refractivity contribution in [3.63, 3.8) is 0 Å². The largest absolute Gasteiger partial charge is 0.474 e. The molecule has 368 valence electrons. The number of rotatable bonds is 33. The van der Waals surface area contributed by atoms with Gasteiger partial charge in [0, 0.05) is 113 Å². The average Bonchev–Trinajstić information content (AvgIpc) is 4.15. The Hall–Kier alpha value is -3.13. The standard InChI is InChI=1S/C39H63N6O16PS3/c1-25(46)63-19-16-40-28(49)4-13-43-34(55)31(52)37(7-8-37)22-59-62(58,60-23-38(9-10-38)32(53)35(56)44-14-5-29(50)41-17-20-64-26(2)47)61-24-39(11-12-39)33(54)36(57)45-15-6-30(51)42-18-21-65-27(3)48/h31-33,52-54H,4-24H2,1-3H3,(H,40,49)(H,41,50)(H,42,51)(H,43,55)(H,44,56)(H,45,57). The molecule has 3 aliphatic carbocycles. The van der Waals surface area contributed by atoms with E-state index in [9.17, 15) is 63.0 Å². The van der Waals surface area contributed by atoms with Gasteiger partial charge in [-0.15, -0.1) is 0 Å². The van der Waals surface area contributed by atoms with Crippen LogP contribution in [0.5, 0.6) is 0 Å². The molecule has 0 spiro atoms. The normalized spacial score (nSPS) is 18.3. The van der Waals surface area contributed by atoms with E-state index in [-0.39, 0.29) is 130 Å². The summed E-state index contributed by atoms with van der Waals surface area (Å²) in [5.74, 6) is -2.40. The lowest BCUT2D eigenvalue weighted by Crippen LogP contribution is -2.44. The number of aliphatic hydroxyl groups excluding tert-OH is 3. The van der Waals surface area contributed by atoms with Gasteiger partial charge >= 0.3 is 7.82 Å². The van der Waals surface area contributed by atoms with Crippen molar-refractivity contribution in [2.45, 2.75) is 96.9 Å². The number of hydrogen-bond donors (Lipinski definition) is 9. The highest BCUT2D eigenvalue weighted by atomic mass is 32.2. The fourth-order valence-electron chi connectivity index (χ4n) is 6.15. The minimum Gasteiger partial charge on any atom is -0.383 e. The number of carbonyl (C=O) groups is 9. The molecule has 0 heterocycles. The summed E-state index contributed by atoms with van der Waals surface area (Å²) < 4.78 is 31.6. The summed E-state index contributed by atoms with van der Waals surface area (Å²) in [6.45, 7) is 3.13. The molecule has 0 saturated heterocycles. The van der Waals surface area contributed by atoms with Gasteiger partial charge in [0.05, 0.1) is 19.8 Å². The van der Waals surface area contributed by atoms with Crippen LogP contribution in [0.2, 0.25) is 0 Å². The van der Waals surface area contributed by atoms with Crippen LogP contribution in [0, 0.1) is 16.2 Å². The lowest BCUT2D eigenvalue weighted by Gasteiger charge is -2.28. The monoisotopic (exact) mass is 998 g/mol. The quantitative estimate of drug-likeness (QED) is 0.0289. The smallest absolute Gasteiger partial charge is 0.383 e. The predicted octanol–water partition coefficient (Wildman–Crippen LogP) is -0.726. The van der Waals surface area contributed by atoms with Crippen LogP contribution in [-0.2, 0) is 61.3 Å². The Labute approximate surface area is 390 Å². The van der Waals surface area contributed by atoms with Crippen LogP contribution in [0.4, 0.5) is 0 Å². The van der Waals surface area contributed by atoms with E-state index < -0.39 is 79.9 Å². The Bertz CT molecular complexity index is 1570. The SMILES string of the molecule is CC(=O)SCCNC(=O)CCNC(=O)C(O)C1(COP(=O)(OCC2(C(O)C(=O)NCCC(=O)NCCSC(C)=O)CC2)OCC2(C(O)C(=O)NCCC(=O)NCCSC(C)=O)CC2)CC1. The van der Waals surface area contributed by atoms with Crippen LogP contribution in [0.3, 0.4) is 0 Å². The van der Waals surface area contributed by atoms with Crippen molar-refractivity contribution in [2.24, 2.45) is 16.2 Å². The van der Waals surface area contributed by atoms with Crippen LogP contribution < -0.4 is 31.9 Å². The van der Waals surface area contributed by atoms with Gasteiger partial charge in [-0.05, 0) is 38.5 Å². The second-order valence-electron chi connectivity index (χ2n) is 16.3. The molecule has 0 aromatic carbocycles. The molecule has 3 saturated carbocycles. The third-order valence-electron chi connectivity index (χ3n) is 10.8. The van der Waals surface area contributed by atoms with Crippen molar-refractivity contribution in [1.29, 1.82) is 0 Å². The highest BCUT2D eigenvalue weighted by Crippen LogP contribution is 2.61. The zero-order chi connectivity index (χ0) is 48.3. The van der Waals surface area contributed by atoms with E-state index in [4.69, 9.17) is 13.6 Å². The molecule has 3 fully saturated rings. The number of phosphoric ester groups is 1. The van der Waals surface area contributed by atoms with Gasteiger partial charge in [0.2, 0.25) is 35.4 Å². The molecule has 3 atom stereocenters. The van der Waals surface area contributed by atoms with Crippen molar-refractivity contribution in [3.05, 3.63) is 0 Å². The first-order chi connectivity index (χ1) is 30.7. The van der Waals surface area contributed by atoms with E-state index in [0.717, 1.165) is 35.3 Å². The van der Waals surface area contributed by atoms with Gasteiger partial charge in [0.1, 0.15) is 18.3 Å². The topological polar surface area (TPSA) is 331 Å². The Morgan fingerprint density at radius 1 is 0.462 bits per heavy atom. The van der Waals surface area contributed by atoms with Gasteiger partial charge in [-0.1, -0.05) is 35.3 Å². The highest BCUT2D eigenvalue weighted by Gasteiger charge is 2.58. The molecule has 22 nitrogen and oxygen atoms in total. The summed E-state index contributed by atoms with van der Waals surface area (Å²) in [5, 5.41) is 48.2. The second-order valence-corrected chi connectivity index (χ2v) is 21.7. The fraction of sp³-hybridized carbons (Fsp3) is 0.769. The van der Waals surface area contributed by atoms with Crippen LogP contribution >= 0.6 is 43.1 Å². The first-order valence-electron chi connectivity index (χ1n) is 21.3. The van der Waals surface area contributed by atoms with Gasteiger partial charge in [-0.3, -0.25) is 56.7 Å². The Morgan fingerprint density at radius 2 is 0.708 bits per heavy atom.